The molecular weight excluding hydrogens is 302 g/mol. The van der Waals surface area contributed by atoms with E-state index in [1.54, 1.807) is 0 Å². The predicted octanol–water partition coefficient (Wildman–Crippen LogP) is 1.16. The summed E-state index contributed by atoms with van der Waals surface area (Å²) in [6, 6.07) is 2.86. The van der Waals surface area contributed by atoms with Crippen molar-refractivity contribution < 1.29 is 18.3 Å². The minimum Gasteiger partial charge on any atom is -0.325 e. The van der Waals surface area contributed by atoms with Crippen LogP contribution in [0, 0.1) is 20.2 Å². The molecule has 0 aromatic heterocycles. The predicted molar refractivity (Wildman–Crippen MR) is 75.5 cm³/mol. The molecule has 0 saturated heterocycles. The van der Waals surface area contributed by atoms with Gasteiger partial charge < -0.3 is 5.73 Å². The maximum Gasteiger partial charge on any atom is 0.280 e. The number of hydrogen-bond donors (Lipinski definition) is 1. The lowest BCUT2D eigenvalue weighted by Gasteiger charge is -2.18. The van der Waals surface area contributed by atoms with Crippen LogP contribution in [0.5, 0.6) is 0 Å². The first-order valence-corrected chi connectivity index (χ1v) is 7.64. The Labute approximate surface area is 121 Å². The molecule has 0 aliphatic rings. The number of sulfone groups is 1. The Hall–Kier alpha value is -2.07. The first-order valence-electron chi connectivity index (χ1n) is 5.82. The monoisotopic (exact) mass is 317 g/mol. The highest BCUT2D eigenvalue weighted by atomic mass is 32.2. The van der Waals surface area contributed by atoms with E-state index in [1.165, 1.54) is 13.8 Å². The van der Waals surface area contributed by atoms with Gasteiger partial charge in [0.15, 0.2) is 9.84 Å². The molecule has 1 aromatic rings. The normalized spacial score (nSPS) is 12.1. The van der Waals surface area contributed by atoms with Crippen molar-refractivity contribution in [3.05, 3.63) is 44.0 Å². The molecule has 0 bridgehead atoms. The summed E-state index contributed by atoms with van der Waals surface area (Å²) >= 11 is 0. The third-order valence-corrected chi connectivity index (χ3v) is 4.38. The maximum atomic E-state index is 12.0. The summed E-state index contributed by atoms with van der Waals surface area (Å²) in [6.07, 6.45) is 0. The zero-order valence-electron chi connectivity index (χ0n) is 11.5. The van der Waals surface area contributed by atoms with E-state index in [-0.39, 0.29) is 11.3 Å². The van der Waals surface area contributed by atoms with Crippen molar-refractivity contribution in [3.63, 3.8) is 0 Å². The van der Waals surface area contributed by atoms with Gasteiger partial charge in [-0.2, -0.15) is 0 Å². The van der Waals surface area contributed by atoms with Crippen molar-refractivity contribution >= 4 is 21.2 Å². The molecule has 0 fully saturated rings. The van der Waals surface area contributed by atoms with Crippen molar-refractivity contribution in [2.75, 3.05) is 5.75 Å². The lowest BCUT2D eigenvalue weighted by atomic mass is 10.1. The molecule has 0 atom stereocenters. The van der Waals surface area contributed by atoms with Crippen molar-refractivity contribution in [1.29, 1.82) is 0 Å². The van der Waals surface area contributed by atoms with E-state index in [4.69, 9.17) is 5.73 Å². The summed E-state index contributed by atoms with van der Waals surface area (Å²) in [7, 11) is -3.68. The van der Waals surface area contributed by atoms with Gasteiger partial charge in [-0.3, -0.25) is 20.2 Å². The minimum absolute atomic E-state index is 0.102. The van der Waals surface area contributed by atoms with Crippen molar-refractivity contribution in [1.82, 2.24) is 0 Å². The van der Waals surface area contributed by atoms with E-state index >= 15 is 0 Å². The Balaban J connectivity index is 3.20. The fraction of sp³-hybridized carbons (Fsp3) is 0.455. The highest BCUT2D eigenvalue weighted by molar-refractivity contribution is 7.90. The van der Waals surface area contributed by atoms with E-state index in [0.717, 1.165) is 18.2 Å². The molecule has 0 unspecified atom stereocenters. The van der Waals surface area contributed by atoms with E-state index < -0.39 is 42.4 Å². The van der Waals surface area contributed by atoms with Gasteiger partial charge in [0.25, 0.3) is 11.4 Å². The van der Waals surface area contributed by atoms with Gasteiger partial charge in [-0.05, 0) is 19.9 Å². The molecule has 0 aliphatic carbocycles. The Morgan fingerprint density at radius 3 is 2.19 bits per heavy atom. The lowest BCUT2D eigenvalue weighted by molar-refractivity contribution is -0.394. The summed E-state index contributed by atoms with van der Waals surface area (Å²) in [5.41, 5.74) is 3.49. The van der Waals surface area contributed by atoms with Crippen molar-refractivity contribution in [2.24, 2.45) is 5.73 Å². The van der Waals surface area contributed by atoms with Crippen LogP contribution in [0.3, 0.4) is 0 Å². The van der Waals surface area contributed by atoms with Crippen LogP contribution in [-0.4, -0.2) is 29.6 Å². The van der Waals surface area contributed by atoms with Crippen LogP contribution in [0.1, 0.15) is 19.4 Å². The highest BCUT2D eigenvalue weighted by Gasteiger charge is 2.27. The van der Waals surface area contributed by atoms with Gasteiger partial charge in [-0.1, -0.05) is 0 Å². The van der Waals surface area contributed by atoms with Crippen molar-refractivity contribution in [2.45, 2.75) is 25.1 Å². The van der Waals surface area contributed by atoms with Crippen molar-refractivity contribution in [3.8, 4) is 0 Å². The molecule has 1 rings (SSSR count). The second-order valence-corrected chi connectivity index (χ2v) is 7.41. The molecule has 0 amide bonds. The second kappa shape index (κ2) is 5.74. The summed E-state index contributed by atoms with van der Waals surface area (Å²) in [4.78, 5) is 19.9. The summed E-state index contributed by atoms with van der Waals surface area (Å²) < 4.78 is 23.9. The third kappa shape index (κ3) is 5.08. The van der Waals surface area contributed by atoms with Crippen LogP contribution in [0.15, 0.2) is 18.2 Å². The maximum absolute atomic E-state index is 12.0. The number of nitro benzene ring substituents is 2. The van der Waals surface area contributed by atoms with Gasteiger partial charge in [-0.25, -0.2) is 8.42 Å². The van der Waals surface area contributed by atoms with Crippen LogP contribution in [-0.2, 0) is 15.6 Å². The SMILES string of the molecule is CC(C)(N)CS(=O)(=O)Cc1ccc([N+](=O)[O-])cc1[N+](=O)[O-]. The van der Waals surface area contributed by atoms with Gasteiger partial charge in [0.1, 0.15) is 0 Å². The average Bonchev–Trinajstić information content (AvgIpc) is 2.24. The molecule has 2 N–H and O–H groups in total. The molecule has 21 heavy (non-hydrogen) atoms. The molecular formula is C11H15N3O6S. The minimum atomic E-state index is -3.68. The largest absolute Gasteiger partial charge is 0.325 e. The molecule has 0 radical (unpaired) electrons. The highest BCUT2D eigenvalue weighted by Crippen LogP contribution is 2.26. The lowest BCUT2D eigenvalue weighted by Crippen LogP contribution is -2.40. The van der Waals surface area contributed by atoms with E-state index in [0.29, 0.717) is 0 Å². The number of hydrogen-bond acceptors (Lipinski definition) is 7. The van der Waals surface area contributed by atoms with Crippen LogP contribution < -0.4 is 5.73 Å². The average molecular weight is 317 g/mol. The molecule has 0 aliphatic heterocycles. The van der Waals surface area contributed by atoms with E-state index in [9.17, 15) is 28.6 Å². The Morgan fingerprint density at radius 2 is 1.76 bits per heavy atom. The van der Waals surface area contributed by atoms with Gasteiger partial charge in [0, 0.05) is 17.2 Å². The van der Waals surface area contributed by atoms with Crippen LogP contribution in [0.4, 0.5) is 11.4 Å². The fourth-order valence-corrected chi connectivity index (χ4v) is 3.77. The third-order valence-electron chi connectivity index (χ3n) is 2.44. The number of nitro groups is 2. The summed E-state index contributed by atoms with van der Waals surface area (Å²) in [5.74, 6) is -0.948. The molecule has 0 spiro atoms. The first kappa shape index (κ1) is 17.0. The number of non-ortho nitro benzene ring substituents is 1. The van der Waals surface area contributed by atoms with E-state index in [2.05, 4.69) is 0 Å². The van der Waals surface area contributed by atoms with Gasteiger partial charge in [-0.15, -0.1) is 0 Å². The Kier molecular flexibility index (Phi) is 4.64. The molecule has 10 heteroatoms. The topological polar surface area (TPSA) is 146 Å². The van der Waals surface area contributed by atoms with Gasteiger partial charge >= 0.3 is 0 Å². The first-order chi connectivity index (χ1) is 9.41. The number of rotatable bonds is 6. The Bertz CT molecular complexity index is 678. The molecule has 9 nitrogen and oxygen atoms in total. The number of nitrogens with zero attached hydrogens (tertiary/aromatic N) is 2. The van der Waals surface area contributed by atoms with Crippen LogP contribution in [0.25, 0.3) is 0 Å². The second-order valence-electron chi connectivity index (χ2n) is 5.35. The zero-order chi connectivity index (χ0) is 16.4. The Morgan fingerprint density at radius 1 is 1.19 bits per heavy atom. The molecule has 116 valence electrons. The molecule has 1 aromatic carbocycles. The summed E-state index contributed by atoms with van der Waals surface area (Å²) in [5, 5.41) is 21.5. The fourth-order valence-electron chi connectivity index (χ4n) is 1.81. The number of nitrogens with two attached hydrogens (primary N) is 1. The van der Waals surface area contributed by atoms with E-state index in [1.807, 2.05) is 0 Å². The van der Waals surface area contributed by atoms with Crippen LogP contribution in [0.2, 0.25) is 0 Å². The molecule has 0 saturated carbocycles. The van der Waals surface area contributed by atoms with Gasteiger partial charge in [0.05, 0.1) is 27.4 Å². The summed E-state index contributed by atoms with van der Waals surface area (Å²) in [6.45, 7) is 3.05. The zero-order valence-corrected chi connectivity index (χ0v) is 12.3. The van der Waals surface area contributed by atoms with Gasteiger partial charge in [0.2, 0.25) is 0 Å². The van der Waals surface area contributed by atoms with Crippen LogP contribution >= 0.6 is 0 Å². The number of benzene rings is 1. The molecule has 0 heterocycles. The standard InChI is InChI=1S/C11H15N3O6S/c1-11(2,12)7-21(19,20)6-8-3-4-9(13(15)16)5-10(8)14(17)18/h3-5H,6-7,12H2,1-2H3. The quantitative estimate of drug-likeness (QED) is 0.611. The smallest absolute Gasteiger partial charge is 0.280 e.